The Morgan fingerprint density at radius 2 is 1.60 bits per heavy atom. The zero-order chi connectivity index (χ0) is 18.4. The van der Waals surface area contributed by atoms with Crippen molar-refractivity contribution in [3.05, 3.63) is 58.6 Å². The number of ketones is 2. The van der Waals surface area contributed by atoms with Crippen LogP contribution in [0.15, 0.2) is 42.5 Å². The summed E-state index contributed by atoms with van der Waals surface area (Å²) in [6.45, 7) is 4.93. The first kappa shape index (κ1) is 18.1. The predicted molar refractivity (Wildman–Crippen MR) is 99.2 cm³/mol. The van der Waals surface area contributed by atoms with Gasteiger partial charge < -0.3 is 4.74 Å². The minimum absolute atomic E-state index is 0.188. The summed E-state index contributed by atoms with van der Waals surface area (Å²) in [4.78, 5) is 23.8. The van der Waals surface area contributed by atoms with E-state index in [4.69, 9.17) is 27.9 Å². The lowest BCUT2D eigenvalue weighted by molar-refractivity contribution is -0.160. The molecule has 0 N–H and O–H groups in total. The number of hydrogen-bond donors (Lipinski definition) is 0. The Bertz CT molecular complexity index is 856. The van der Waals surface area contributed by atoms with E-state index in [-0.39, 0.29) is 6.61 Å². The molecular formula is C20H18Cl2O3. The van der Waals surface area contributed by atoms with Gasteiger partial charge >= 0.3 is 0 Å². The van der Waals surface area contributed by atoms with Crippen molar-refractivity contribution < 1.29 is 14.3 Å². The minimum Gasteiger partial charge on any atom is -0.360 e. The highest BCUT2D eigenvalue weighted by Crippen LogP contribution is 2.42. The fourth-order valence-corrected chi connectivity index (χ4v) is 3.65. The first-order chi connectivity index (χ1) is 11.7. The van der Waals surface area contributed by atoms with Crippen LogP contribution in [0.2, 0.25) is 5.02 Å². The van der Waals surface area contributed by atoms with Crippen LogP contribution < -0.4 is 0 Å². The van der Waals surface area contributed by atoms with E-state index in [2.05, 4.69) is 0 Å². The summed E-state index contributed by atoms with van der Waals surface area (Å²) in [7, 11) is 0. The molecule has 1 fully saturated rings. The summed E-state index contributed by atoms with van der Waals surface area (Å²) in [5.41, 5.74) is 1.97. The standard InChI is InChI=1S/C20H18Cl2O3/c1-12-4-5-14(13-6-8-15(21)9-7-13)10-16(12)20(22)17(23)11-25-19(2,3)18(20)24/h4-10H,11H2,1-3H3. The van der Waals surface area contributed by atoms with E-state index in [9.17, 15) is 9.59 Å². The van der Waals surface area contributed by atoms with Crippen LogP contribution in [0.3, 0.4) is 0 Å². The van der Waals surface area contributed by atoms with Gasteiger partial charge in [-0.3, -0.25) is 9.59 Å². The normalized spacial score (nSPS) is 22.9. The molecule has 1 heterocycles. The third-order valence-electron chi connectivity index (χ3n) is 4.59. The van der Waals surface area contributed by atoms with Gasteiger partial charge in [-0.05, 0) is 61.2 Å². The van der Waals surface area contributed by atoms with Crippen molar-refractivity contribution in [1.29, 1.82) is 0 Å². The van der Waals surface area contributed by atoms with E-state index in [1.807, 2.05) is 37.3 Å². The van der Waals surface area contributed by atoms with Gasteiger partial charge in [-0.1, -0.05) is 47.5 Å². The molecule has 1 saturated heterocycles. The number of Topliss-reactive ketones (excluding diaryl/α,β-unsaturated/α-hetero) is 2. The highest BCUT2D eigenvalue weighted by molar-refractivity contribution is 6.48. The van der Waals surface area contributed by atoms with Crippen molar-refractivity contribution in [1.82, 2.24) is 0 Å². The molecule has 2 aromatic carbocycles. The summed E-state index contributed by atoms with van der Waals surface area (Å²) < 4.78 is 5.38. The third kappa shape index (κ3) is 3.01. The summed E-state index contributed by atoms with van der Waals surface area (Å²) in [5.74, 6) is -0.871. The van der Waals surface area contributed by atoms with Crippen LogP contribution in [0.25, 0.3) is 11.1 Å². The van der Waals surface area contributed by atoms with Crippen LogP contribution in [0, 0.1) is 6.92 Å². The quantitative estimate of drug-likeness (QED) is 0.563. The highest BCUT2D eigenvalue weighted by Gasteiger charge is 2.56. The lowest BCUT2D eigenvalue weighted by atomic mass is 9.78. The first-order valence-electron chi connectivity index (χ1n) is 7.94. The smallest absolute Gasteiger partial charge is 0.197 e. The second-order valence-corrected chi connectivity index (χ2v) is 7.75. The Kier molecular flexibility index (Phi) is 4.52. The van der Waals surface area contributed by atoms with Gasteiger partial charge in [-0.2, -0.15) is 0 Å². The maximum absolute atomic E-state index is 12.9. The van der Waals surface area contributed by atoms with Crippen molar-refractivity contribution in [2.24, 2.45) is 0 Å². The van der Waals surface area contributed by atoms with E-state index in [1.165, 1.54) is 0 Å². The molecule has 0 amide bonds. The fourth-order valence-electron chi connectivity index (χ4n) is 3.04. The lowest BCUT2D eigenvalue weighted by Crippen LogP contribution is -2.57. The Morgan fingerprint density at radius 3 is 2.24 bits per heavy atom. The second-order valence-electron chi connectivity index (χ2n) is 6.75. The summed E-state index contributed by atoms with van der Waals surface area (Å²) >= 11 is 12.6. The van der Waals surface area contributed by atoms with Gasteiger partial charge in [0.15, 0.2) is 16.4 Å². The van der Waals surface area contributed by atoms with E-state index in [0.717, 1.165) is 16.7 Å². The van der Waals surface area contributed by atoms with Gasteiger partial charge in [0.1, 0.15) is 12.2 Å². The Morgan fingerprint density at radius 1 is 1.00 bits per heavy atom. The molecule has 1 unspecified atom stereocenters. The predicted octanol–water partition coefficient (Wildman–Crippen LogP) is 4.70. The molecular weight excluding hydrogens is 359 g/mol. The fraction of sp³-hybridized carbons (Fsp3) is 0.300. The highest BCUT2D eigenvalue weighted by atomic mass is 35.5. The SMILES string of the molecule is Cc1ccc(-c2ccc(Cl)cc2)cc1C1(Cl)C(=O)COC(C)(C)C1=O. The second kappa shape index (κ2) is 6.24. The van der Waals surface area contributed by atoms with Gasteiger partial charge in [0.05, 0.1) is 0 Å². The molecule has 1 aliphatic rings. The largest absolute Gasteiger partial charge is 0.360 e. The molecule has 130 valence electrons. The molecule has 3 rings (SSSR count). The van der Waals surface area contributed by atoms with Crippen molar-refractivity contribution in [3.8, 4) is 11.1 Å². The maximum atomic E-state index is 12.9. The number of halogens is 2. The van der Waals surface area contributed by atoms with Gasteiger partial charge in [0.2, 0.25) is 0 Å². The molecule has 0 aliphatic carbocycles. The summed E-state index contributed by atoms with van der Waals surface area (Å²) in [5, 5.41) is 0.640. The molecule has 1 aliphatic heterocycles. The molecule has 0 spiro atoms. The molecule has 0 aromatic heterocycles. The monoisotopic (exact) mass is 376 g/mol. The van der Waals surface area contributed by atoms with Crippen molar-refractivity contribution >= 4 is 34.8 Å². The number of benzene rings is 2. The number of aryl methyl sites for hydroxylation is 1. The van der Waals surface area contributed by atoms with Crippen LogP contribution in [-0.2, 0) is 19.2 Å². The molecule has 5 heteroatoms. The average Bonchev–Trinajstić information content (AvgIpc) is 2.58. The zero-order valence-corrected chi connectivity index (χ0v) is 15.7. The van der Waals surface area contributed by atoms with Crippen LogP contribution in [0.5, 0.6) is 0 Å². The Hall–Kier alpha value is -1.68. The van der Waals surface area contributed by atoms with E-state index >= 15 is 0 Å². The van der Waals surface area contributed by atoms with E-state index in [1.54, 1.807) is 26.0 Å². The lowest BCUT2D eigenvalue weighted by Gasteiger charge is -2.39. The molecule has 3 nitrogen and oxygen atoms in total. The van der Waals surface area contributed by atoms with Crippen LogP contribution in [0.1, 0.15) is 25.0 Å². The first-order valence-corrected chi connectivity index (χ1v) is 8.70. The van der Waals surface area contributed by atoms with Crippen LogP contribution >= 0.6 is 23.2 Å². The van der Waals surface area contributed by atoms with Gasteiger partial charge in [-0.25, -0.2) is 0 Å². The number of ether oxygens (including phenoxy) is 1. The average molecular weight is 377 g/mol. The van der Waals surface area contributed by atoms with Crippen molar-refractivity contribution in [2.75, 3.05) is 6.61 Å². The molecule has 0 saturated carbocycles. The molecule has 0 radical (unpaired) electrons. The number of carbonyl (C=O) groups is 2. The van der Waals surface area contributed by atoms with Crippen LogP contribution in [0.4, 0.5) is 0 Å². The van der Waals surface area contributed by atoms with E-state index in [0.29, 0.717) is 10.6 Å². The molecule has 2 aromatic rings. The minimum atomic E-state index is -1.73. The summed E-state index contributed by atoms with van der Waals surface area (Å²) in [6, 6.07) is 13.0. The van der Waals surface area contributed by atoms with Crippen molar-refractivity contribution in [2.45, 2.75) is 31.2 Å². The molecule has 1 atom stereocenters. The Balaban J connectivity index is 2.15. The van der Waals surface area contributed by atoms with Gasteiger partial charge in [-0.15, -0.1) is 0 Å². The van der Waals surface area contributed by atoms with Gasteiger partial charge in [0.25, 0.3) is 0 Å². The maximum Gasteiger partial charge on any atom is 0.197 e. The molecule has 0 bridgehead atoms. The zero-order valence-electron chi connectivity index (χ0n) is 14.2. The van der Waals surface area contributed by atoms with Crippen molar-refractivity contribution in [3.63, 3.8) is 0 Å². The number of alkyl halides is 1. The Labute approximate surface area is 156 Å². The molecule has 25 heavy (non-hydrogen) atoms. The van der Waals surface area contributed by atoms with E-state index < -0.39 is 22.0 Å². The summed E-state index contributed by atoms with van der Waals surface area (Å²) in [6.07, 6.45) is 0. The number of carbonyl (C=O) groups excluding carboxylic acids is 2. The topological polar surface area (TPSA) is 43.4 Å². The third-order valence-corrected chi connectivity index (χ3v) is 5.43. The van der Waals surface area contributed by atoms with Crippen LogP contribution in [-0.4, -0.2) is 23.8 Å². The van der Waals surface area contributed by atoms with Gasteiger partial charge in [0, 0.05) is 5.02 Å². The number of rotatable bonds is 2. The number of hydrogen-bond acceptors (Lipinski definition) is 3.